The molecular formula is C24H45NO2. The molecular weight excluding hydrogens is 334 g/mol. The Morgan fingerprint density at radius 2 is 1.19 bits per heavy atom. The van der Waals surface area contributed by atoms with Crippen LogP contribution in [0.25, 0.3) is 0 Å². The molecule has 0 fully saturated rings. The zero-order chi connectivity index (χ0) is 20.3. The summed E-state index contributed by atoms with van der Waals surface area (Å²) in [5.41, 5.74) is 0. The Kier molecular flexibility index (Phi) is 17.5. The van der Waals surface area contributed by atoms with E-state index in [-0.39, 0.29) is 6.54 Å². The fraction of sp³-hybridized carbons (Fsp3) is 0.792. The lowest BCUT2D eigenvalue weighted by Crippen LogP contribution is -2.45. The van der Waals surface area contributed by atoms with Crippen molar-refractivity contribution in [2.45, 2.75) is 117 Å². The van der Waals surface area contributed by atoms with Gasteiger partial charge >= 0.3 is 5.97 Å². The molecule has 0 bridgehead atoms. The number of rotatable bonds is 18. The van der Waals surface area contributed by atoms with E-state index in [1.165, 1.54) is 12.8 Å². The average molecular weight is 380 g/mol. The van der Waals surface area contributed by atoms with E-state index in [9.17, 15) is 9.90 Å². The quantitative estimate of drug-likeness (QED) is 0.206. The highest BCUT2D eigenvalue weighted by atomic mass is 16.4. The number of hydrogen-bond acceptors (Lipinski definition) is 2. The molecule has 2 unspecified atom stereocenters. The van der Waals surface area contributed by atoms with Crippen LogP contribution in [0.1, 0.15) is 105 Å². The van der Waals surface area contributed by atoms with Crippen LogP contribution in [0.2, 0.25) is 0 Å². The molecule has 0 aromatic heterocycles. The molecule has 1 N–H and O–H groups in total. The number of hydrogen-bond donors (Lipinski definition) is 1. The van der Waals surface area contributed by atoms with Crippen LogP contribution in [0.15, 0.2) is 24.3 Å². The van der Waals surface area contributed by atoms with Crippen LogP contribution in [-0.2, 0) is 4.79 Å². The number of unbranched alkanes of at least 4 members (excludes halogenated alkanes) is 4. The highest BCUT2D eigenvalue weighted by molar-refractivity contribution is 5.69. The molecule has 3 nitrogen and oxygen atoms in total. The minimum atomic E-state index is -0.697. The van der Waals surface area contributed by atoms with Crippen molar-refractivity contribution in [2.24, 2.45) is 0 Å². The van der Waals surface area contributed by atoms with Crippen molar-refractivity contribution in [3.8, 4) is 0 Å². The summed E-state index contributed by atoms with van der Waals surface area (Å²) < 4.78 is 0. The highest BCUT2D eigenvalue weighted by Crippen LogP contribution is 2.21. The van der Waals surface area contributed by atoms with E-state index < -0.39 is 5.97 Å². The zero-order valence-corrected chi connectivity index (χ0v) is 18.5. The summed E-state index contributed by atoms with van der Waals surface area (Å²) in [6, 6.07) is 0.752. The largest absolute Gasteiger partial charge is 0.480 e. The standard InChI is InChI=1S/C24H45NO2/c1-5-9-11-13-15-17-19-22(7-3)25(21-24(26)27)23(8-4)20-18-16-14-12-10-6-2/h11-14,22-23H,5-10,15-21H2,1-4H3,(H,26,27)/b13-11+,14-12+. The fourth-order valence-corrected chi connectivity index (χ4v) is 3.67. The summed E-state index contributed by atoms with van der Waals surface area (Å²) in [7, 11) is 0. The molecule has 0 radical (unpaired) electrons. The van der Waals surface area contributed by atoms with Crippen LogP contribution in [-0.4, -0.2) is 34.6 Å². The molecule has 3 heteroatoms. The number of allylic oxidation sites excluding steroid dienone is 4. The minimum absolute atomic E-state index is 0.175. The maximum atomic E-state index is 11.5. The summed E-state index contributed by atoms with van der Waals surface area (Å²) in [6.07, 6.45) is 22.6. The summed E-state index contributed by atoms with van der Waals surface area (Å²) in [4.78, 5) is 13.8. The van der Waals surface area contributed by atoms with E-state index in [0.29, 0.717) is 12.1 Å². The van der Waals surface area contributed by atoms with E-state index >= 15 is 0 Å². The first-order chi connectivity index (χ1) is 13.1. The molecule has 0 aliphatic carbocycles. The van der Waals surface area contributed by atoms with E-state index in [1.807, 2.05) is 0 Å². The predicted molar refractivity (Wildman–Crippen MR) is 118 cm³/mol. The summed E-state index contributed by atoms with van der Waals surface area (Å²) in [5, 5.41) is 9.45. The van der Waals surface area contributed by atoms with Gasteiger partial charge in [0.25, 0.3) is 0 Å². The highest BCUT2D eigenvalue weighted by Gasteiger charge is 2.25. The topological polar surface area (TPSA) is 40.5 Å². The number of nitrogens with zero attached hydrogens (tertiary/aromatic N) is 1. The van der Waals surface area contributed by atoms with Crippen molar-refractivity contribution >= 4 is 5.97 Å². The van der Waals surface area contributed by atoms with Crippen molar-refractivity contribution < 1.29 is 9.90 Å². The predicted octanol–water partition coefficient (Wildman–Crippen LogP) is 6.98. The summed E-state index contributed by atoms with van der Waals surface area (Å²) in [6.45, 7) is 8.98. The Hall–Kier alpha value is -1.09. The minimum Gasteiger partial charge on any atom is -0.480 e. The number of carboxylic acids is 1. The monoisotopic (exact) mass is 379 g/mol. The molecule has 2 atom stereocenters. The van der Waals surface area contributed by atoms with Gasteiger partial charge in [-0.15, -0.1) is 0 Å². The molecule has 0 spiro atoms. The number of carboxylic acid groups (broad SMARTS) is 1. The fourth-order valence-electron chi connectivity index (χ4n) is 3.67. The molecule has 0 aliphatic rings. The third kappa shape index (κ3) is 13.7. The number of carbonyl (C=O) groups is 1. The summed E-state index contributed by atoms with van der Waals surface area (Å²) >= 11 is 0. The van der Waals surface area contributed by atoms with E-state index in [2.05, 4.69) is 56.9 Å². The third-order valence-corrected chi connectivity index (χ3v) is 5.26. The smallest absolute Gasteiger partial charge is 0.317 e. The molecule has 0 aromatic carbocycles. The molecule has 0 aromatic rings. The molecule has 0 saturated heterocycles. The van der Waals surface area contributed by atoms with Gasteiger partial charge in [0.05, 0.1) is 6.54 Å². The zero-order valence-electron chi connectivity index (χ0n) is 18.5. The van der Waals surface area contributed by atoms with Crippen molar-refractivity contribution in [2.75, 3.05) is 6.54 Å². The Balaban J connectivity index is 4.67. The van der Waals surface area contributed by atoms with Gasteiger partial charge in [-0.1, -0.05) is 64.8 Å². The molecule has 0 heterocycles. The van der Waals surface area contributed by atoms with Gasteiger partial charge in [-0.25, -0.2) is 0 Å². The Bertz CT molecular complexity index is 373. The van der Waals surface area contributed by atoms with Gasteiger partial charge in [0.2, 0.25) is 0 Å². The Morgan fingerprint density at radius 1 is 0.778 bits per heavy atom. The summed E-state index contributed by atoms with van der Waals surface area (Å²) in [5.74, 6) is -0.697. The van der Waals surface area contributed by atoms with Crippen LogP contribution < -0.4 is 0 Å². The van der Waals surface area contributed by atoms with Crippen LogP contribution in [0, 0.1) is 0 Å². The molecule has 0 rings (SSSR count). The van der Waals surface area contributed by atoms with Gasteiger partial charge < -0.3 is 5.11 Å². The molecule has 0 aliphatic heterocycles. The van der Waals surface area contributed by atoms with E-state index in [0.717, 1.165) is 64.2 Å². The maximum absolute atomic E-state index is 11.5. The lowest BCUT2D eigenvalue weighted by Gasteiger charge is -2.36. The van der Waals surface area contributed by atoms with Crippen LogP contribution in [0.4, 0.5) is 0 Å². The number of aliphatic carboxylic acids is 1. The van der Waals surface area contributed by atoms with Crippen LogP contribution in [0.5, 0.6) is 0 Å². The van der Waals surface area contributed by atoms with Gasteiger partial charge in [0.15, 0.2) is 0 Å². The Labute approximate surface area is 168 Å². The van der Waals surface area contributed by atoms with Crippen molar-refractivity contribution in [1.29, 1.82) is 0 Å². The van der Waals surface area contributed by atoms with Gasteiger partial charge in [-0.3, -0.25) is 9.69 Å². The van der Waals surface area contributed by atoms with Crippen molar-refractivity contribution in [3.63, 3.8) is 0 Å². The second-order valence-electron chi connectivity index (χ2n) is 7.57. The first kappa shape index (κ1) is 25.9. The second kappa shape index (κ2) is 18.3. The van der Waals surface area contributed by atoms with Crippen molar-refractivity contribution in [3.05, 3.63) is 24.3 Å². The van der Waals surface area contributed by atoms with Crippen LogP contribution in [0.3, 0.4) is 0 Å². The van der Waals surface area contributed by atoms with Crippen molar-refractivity contribution in [1.82, 2.24) is 4.90 Å². The van der Waals surface area contributed by atoms with Crippen LogP contribution >= 0.6 is 0 Å². The Morgan fingerprint density at radius 3 is 1.52 bits per heavy atom. The SMILES string of the molecule is CCC/C=C/CCCC(CC)N(CC(=O)O)C(CC)CCC/C=C/CCC. The van der Waals surface area contributed by atoms with Gasteiger partial charge in [0.1, 0.15) is 0 Å². The van der Waals surface area contributed by atoms with E-state index in [4.69, 9.17) is 0 Å². The first-order valence-electron chi connectivity index (χ1n) is 11.4. The molecule has 158 valence electrons. The normalized spacial score (nSPS) is 14.4. The lowest BCUT2D eigenvalue weighted by molar-refractivity contribution is -0.140. The third-order valence-electron chi connectivity index (χ3n) is 5.26. The molecule has 27 heavy (non-hydrogen) atoms. The molecule has 0 amide bonds. The first-order valence-corrected chi connectivity index (χ1v) is 11.4. The molecule has 0 saturated carbocycles. The van der Waals surface area contributed by atoms with E-state index in [1.54, 1.807) is 0 Å². The van der Waals surface area contributed by atoms with Gasteiger partial charge in [0, 0.05) is 12.1 Å². The maximum Gasteiger partial charge on any atom is 0.317 e. The average Bonchev–Trinajstić information content (AvgIpc) is 2.65. The van der Waals surface area contributed by atoms with Gasteiger partial charge in [-0.05, 0) is 64.2 Å². The lowest BCUT2D eigenvalue weighted by atomic mass is 9.98. The van der Waals surface area contributed by atoms with Gasteiger partial charge in [-0.2, -0.15) is 0 Å². The second-order valence-corrected chi connectivity index (χ2v) is 7.57.